The number of carbonyl (C=O) groups is 2. The van der Waals surface area contributed by atoms with Gasteiger partial charge in [0.25, 0.3) is 11.8 Å². The van der Waals surface area contributed by atoms with Crippen LogP contribution in [0.2, 0.25) is 5.02 Å². The quantitative estimate of drug-likeness (QED) is 0.765. The van der Waals surface area contributed by atoms with E-state index in [0.29, 0.717) is 5.56 Å². The molecule has 1 aliphatic rings. The third kappa shape index (κ3) is 4.09. The standard InChI is InChI=1S/C19H17ClF2N2O3/c20-13-8-12(9-15(22)10-13)4-6-23-17(25)19(27)5-7-24(18(19)26)16-3-1-2-14(21)11-16/h1-3,8-11,27H,4-7H2,(H,23,25)/t19-/m0/s1. The summed E-state index contributed by atoms with van der Waals surface area (Å²) in [5, 5.41) is 13.3. The molecule has 5 nitrogen and oxygen atoms in total. The number of hydrogen-bond acceptors (Lipinski definition) is 3. The topological polar surface area (TPSA) is 69.6 Å². The summed E-state index contributed by atoms with van der Waals surface area (Å²) in [7, 11) is 0. The van der Waals surface area contributed by atoms with Gasteiger partial charge in [0.2, 0.25) is 5.60 Å². The Morgan fingerprint density at radius 2 is 2.00 bits per heavy atom. The number of amides is 2. The molecular weight excluding hydrogens is 378 g/mol. The van der Waals surface area contributed by atoms with Gasteiger partial charge in [0.05, 0.1) is 0 Å². The van der Waals surface area contributed by atoms with Gasteiger partial charge >= 0.3 is 0 Å². The van der Waals surface area contributed by atoms with Gasteiger partial charge in [-0.25, -0.2) is 8.78 Å². The zero-order valence-electron chi connectivity index (χ0n) is 14.2. The van der Waals surface area contributed by atoms with E-state index in [9.17, 15) is 23.5 Å². The lowest BCUT2D eigenvalue weighted by Gasteiger charge is -2.21. The van der Waals surface area contributed by atoms with Crippen molar-refractivity contribution in [2.45, 2.75) is 18.4 Å². The van der Waals surface area contributed by atoms with Gasteiger partial charge in [0.1, 0.15) is 11.6 Å². The zero-order valence-corrected chi connectivity index (χ0v) is 15.0. The van der Waals surface area contributed by atoms with Crippen LogP contribution in [0.1, 0.15) is 12.0 Å². The van der Waals surface area contributed by atoms with E-state index in [0.717, 1.165) is 6.07 Å². The van der Waals surface area contributed by atoms with Gasteiger partial charge in [0.15, 0.2) is 0 Å². The van der Waals surface area contributed by atoms with Gasteiger partial charge in [-0.1, -0.05) is 17.7 Å². The van der Waals surface area contributed by atoms with Crippen molar-refractivity contribution < 1.29 is 23.5 Å². The van der Waals surface area contributed by atoms with Crippen molar-refractivity contribution >= 4 is 29.1 Å². The minimum atomic E-state index is -2.22. The zero-order chi connectivity index (χ0) is 19.6. The molecule has 142 valence electrons. The van der Waals surface area contributed by atoms with Gasteiger partial charge in [-0.3, -0.25) is 9.59 Å². The summed E-state index contributed by atoms with van der Waals surface area (Å²) >= 11 is 5.78. The first kappa shape index (κ1) is 19.3. The average molecular weight is 395 g/mol. The van der Waals surface area contributed by atoms with Crippen molar-refractivity contribution in [3.63, 3.8) is 0 Å². The molecule has 1 saturated heterocycles. The Labute approximate surface area is 159 Å². The Bertz CT molecular complexity index is 873. The number of hydrogen-bond donors (Lipinski definition) is 2. The summed E-state index contributed by atoms with van der Waals surface area (Å²) in [6.07, 6.45) is 0.168. The lowest BCUT2D eigenvalue weighted by Crippen LogP contribution is -2.52. The number of aliphatic hydroxyl groups is 1. The lowest BCUT2D eigenvalue weighted by atomic mass is 10.0. The number of halogens is 3. The fourth-order valence-electron chi connectivity index (χ4n) is 3.03. The SMILES string of the molecule is O=C(NCCc1cc(F)cc(Cl)c1)[C@@]1(O)CCN(c2cccc(F)c2)C1=O. The first-order chi connectivity index (χ1) is 12.8. The summed E-state index contributed by atoms with van der Waals surface area (Å²) in [5.74, 6) is -2.65. The highest BCUT2D eigenvalue weighted by atomic mass is 35.5. The molecule has 1 aliphatic heterocycles. The van der Waals surface area contributed by atoms with E-state index in [1.807, 2.05) is 0 Å². The number of nitrogens with zero attached hydrogens (tertiary/aromatic N) is 1. The molecule has 1 atom stereocenters. The molecule has 0 radical (unpaired) electrons. The van der Waals surface area contributed by atoms with Gasteiger partial charge < -0.3 is 15.3 Å². The molecule has 0 aromatic heterocycles. The maximum Gasteiger partial charge on any atom is 0.268 e. The van der Waals surface area contributed by atoms with E-state index in [1.54, 1.807) is 6.07 Å². The van der Waals surface area contributed by atoms with E-state index in [2.05, 4.69) is 5.32 Å². The second-order valence-electron chi connectivity index (χ2n) is 6.33. The molecular formula is C19H17ClF2N2O3. The second kappa shape index (κ2) is 7.62. The summed E-state index contributed by atoms with van der Waals surface area (Å²) in [5.41, 5.74) is -1.36. The normalized spacial score (nSPS) is 19.4. The van der Waals surface area contributed by atoms with Crippen LogP contribution in [0.3, 0.4) is 0 Å². The van der Waals surface area contributed by atoms with Crippen LogP contribution in [0, 0.1) is 11.6 Å². The van der Waals surface area contributed by atoms with E-state index >= 15 is 0 Å². The van der Waals surface area contributed by atoms with Gasteiger partial charge in [0, 0.05) is 30.2 Å². The van der Waals surface area contributed by atoms with Gasteiger partial charge in [-0.15, -0.1) is 0 Å². The monoisotopic (exact) mass is 394 g/mol. The Balaban J connectivity index is 1.63. The van der Waals surface area contributed by atoms with Crippen molar-refractivity contribution in [2.75, 3.05) is 18.0 Å². The molecule has 0 spiro atoms. The Kier molecular flexibility index (Phi) is 5.43. The van der Waals surface area contributed by atoms with E-state index < -0.39 is 29.0 Å². The summed E-state index contributed by atoms with van der Waals surface area (Å²) in [6.45, 7) is 0.180. The van der Waals surface area contributed by atoms with Crippen molar-refractivity contribution in [2.24, 2.45) is 0 Å². The molecule has 1 fully saturated rings. The third-order valence-electron chi connectivity index (χ3n) is 4.41. The number of rotatable bonds is 5. The average Bonchev–Trinajstić information content (AvgIpc) is 2.90. The maximum absolute atomic E-state index is 13.4. The van der Waals surface area contributed by atoms with Crippen LogP contribution in [0.4, 0.5) is 14.5 Å². The molecule has 0 bridgehead atoms. The molecule has 2 amide bonds. The maximum atomic E-state index is 13.4. The van der Waals surface area contributed by atoms with Crippen molar-refractivity contribution in [3.8, 4) is 0 Å². The fraction of sp³-hybridized carbons (Fsp3) is 0.263. The molecule has 27 heavy (non-hydrogen) atoms. The fourth-order valence-corrected chi connectivity index (χ4v) is 3.27. The second-order valence-corrected chi connectivity index (χ2v) is 6.77. The molecule has 8 heteroatoms. The summed E-state index contributed by atoms with van der Waals surface area (Å²) < 4.78 is 26.7. The van der Waals surface area contributed by atoms with Crippen LogP contribution < -0.4 is 10.2 Å². The highest BCUT2D eigenvalue weighted by Crippen LogP contribution is 2.29. The van der Waals surface area contributed by atoms with E-state index in [4.69, 9.17) is 11.6 Å². The molecule has 2 N–H and O–H groups in total. The molecule has 0 unspecified atom stereocenters. The van der Waals surface area contributed by atoms with Crippen LogP contribution >= 0.6 is 11.6 Å². The number of carbonyl (C=O) groups excluding carboxylic acids is 2. The summed E-state index contributed by atoms with van der Waals surface area (Å²) in [6, 6.07) is 9.40. The molecule has 2 aromatic rings. The van der Waals surface area contributed by atoms with Gasteiger partial charge in [-0.2, -0.15) is 0 Å². The highest BCUT2D eigenvalue weighted by Gasteiger charge is 2.51. The van der Waals surface area contributed by atoms with E-state index in [-0.39, 0.29) is 36.6 Å². The molecule has 0 saturated carbocycles. The predicted octanol–water partition coefficient (Wildman–Crippen LogP) is 2.44. The van der Waals surface area contributed by atoms with Crippen molar-refractivity contribution in [1.29, 1.82) is 0 Å². The van der Waals surface area contributed by atoms with Crippen LogP contribution in [0.5, 0.6) is 0 Å². The van der Waals surface area contributed by atoms with Crippen molar-refractivity contribution in [1.82, 2.24) is 5.32 Å². The number of anilines is 1. The first-order valence-corrected chi connectivity index (χ1v) is 8.70. The Morgan fingerprint density at radius 3 is 2.70 bits per heavy atom. The van der Waals surface area contributed by atoms with Crippen LogP contribution in [-0.4, -0.2) is 35.6 Å². The highest BCUT2D eigenvalue weighted by molar-refractivity contribution is 6.30. The summed E-state index contributed by atoms with van der Waals surface area (Å²) in [4.78, 5) is 26.1. The Morgan fingerprint density at radius 1 is 1.22 bits per heavy atom. The first-order valence-electron chi connectivity index (χ1n) is 8.33. The largest absolute Gasteiger partial charge is 0.372 e. The lowest BCUT2D eigenvalue weighted by molar-refractivity contribution is -0.149. The van der Waals surface area contributed by atoms with Crippen LogP contribution in [0.25, 0.3) is 0 Å². The minimum absolute atomic E-state index is 0.0890. The number of benzene rings is 2. The molecule has 0 aliphatic carbocycles. The third-order valence-corrected chi connectivity index (χ3v) is 4.63. The smallest absolute Gasteiger partial charge is 0.268 e. The van der Waals surface area contributed by atoms with Crippen LogP contribution in [-0.2, 0) is 16.0 Å². The predicted molar refractivity (Wildman–Crippen MR) is 96.4 cm³/mol. The Hall–Kier alpha value is -2.51. The molecule has 1 heterocycles. The van der Waals surface area contributed by atoms with Crippen molar-refractivity contribution in [3.05, 3.63) is 64.7 Å². The van der Waals surface area contributed by atoms with Gasteiger partial charge in [-0.05, 0) is 48.4 Å². The van der Waals surface area contributed by atoms with Crippen LogP contribution in [0.15, 0.2) is 42.5 Å². The minimum Gasteiger partial charge on any atom is -0.372 e. The molecule has 3 rings (SSSR count). The number of nitrogens with one attached hydrogen (secondary N) is 1. The molecule has 2 aromatic carbocycles. The van der Waals surface area contributed by atoms with E-state index in [1.165, 1.54) is 35.2 Å².